The monoisotopic (exact) mass is 186 g/mol. The van der Waals surface area contributed by atoms with Crippen molar-refractivity contribution >= 4 is 0 Å². The minimum absolute atomic E-state index is 0.167. The van der Waals surface area contributed by atoms with Gasteiger partial charge in [-0.25, -0.2) is 0 Å². The van der Waals surface area contributed by atoms with Gasteiger partial charge in [0, 0.05) is 5.54 Å². The lowest BCUT2D eigenvalue weighted by atomic mass is 9.90. The lowest BCUT2D eigenvalue weighted by Gasteiger charge is -2.37. The van der Waals surface area contributed by atoms with E-state index in [1.807, 2.05) is 0 Å². The van der Waals surface area contributed by atoms with Crippen LogP contribution in [0.25, 0.3) is 0 Å². The summed E-state index contributed by atoms with van der Waals surface area (Å²) in [5.41, 5.74) is 0.420. The molecule has 0 spiro atoms. The van der Waals surface area contributed by atoms with Crippen molar-refractivity contribution in [3.05, 3.63) is 0 Å². The molecule has 0 radical (unpaired) electrons. The first-order valence-electron chi connectivity index (χ1n) is 5.18. The first-order chi connectivity index (χ1) is 5.67. The molecule has 13 heavy (non-hydrogen) atoms. The zero-order valence-corrected chi connectivity index (χ0v) is 10.3. The molecule has 0 saturated carbocycles. The van der Waals surface area contributed by atoms with Crippen LogP contribution >= 0.6 is 0 Å². The molecular weight excluding hydrogens is 160 g/mol. The van der Waals surface area contributed by atoms with Crippen molar-refractivity contribution in [3.63, 3.8) is 0 Å². The van der Waals surface area contributed by atoms with Crippen molar-refractivity contribution in [1.29, 1.82) is 0 Å². The normalized spacial score (nSPS) is 15.9. The van der Waals surface area contributed by atoms with Gasteiger partial charge >= 0.3 is 0 Å². The highest BCUT2D eigenvalue weighted by Gasteiger charge is 2.26. The summed E-state index contributed by atoms with van der Waals surface area (Å²) in [5.74, 6) is 0. The minimum Gasteiger partial charge on any atom is -0.302 e. The second-order valence-electron chi connectivity index (χ2n) is 5.75. The van der Waals surface area contributed by atoms with E-state index < -0.39 is 0 Å². The van der Waals surface area contributed by atoms with Crippen molar-refractivity contribution in [2.24, 2.45) is 5.41 Å². The van der Waals surface area contributed by atoms with Crippen LogP contribution in [0.3, 0.4) is 0 Å². The van der Waals surface area contributed by atoms with Gasteiger partial charge in [-0.2, -0.15) is 0 Å². The van der Waals surface area contributed by atoms with Gasteiger partial charge in [0.05, 0.1) is 6.17 Å². The smallest absolute Gasteiger partial charge is 0.0625 e. The molecular formula is C11H26N2. The van der Waals surface area contributed by atoms with Gasteiger partial charge in [0.2, 0.25) is 0 Å². The first kappa shape index (κ1) is 12.9. The van der Waals surface area contributed by atoms with Crippen LogP contribution < -0.4 is 10.6 Å². The van der Waals surface area contributed by atoms with Crippen LogP contribution in [-0.4, -0.2) is 18.2 Å². The molecule has 1 atom stereocenters. The van der Waals surface area contributed by atoms with Gasteiger partial charge in [0.1, 0.15) is 0 Å². The van der Waals surface area contributed by atoms with E-state index in [2.05, 4.69) is 59.1 Å². The fraction of sp³-hybridized carbons (Fsp3) is 1.00. The molecule has 0 fully saturated rings. The molecule has 0 heterocycles. The molecule has 0 rings (SSSR count). The third kappa shape index (κ3) is 6.05. The number of hydrogen-bond acceptors (Lipinski definition) is 2. The molecule has 0 saturated heterocycles. The fourth-order valence-electron chi connectivity index (χ4n) is 1.21. The highest BCUT2D eigenvalue weighted by atomic mass is 15.2. The molecule has 80 valence electrons. The molecule has 0 bridgehead atoms. The van der Waals surface area contributed by atoms with Crippen LogP contribution in [-0.2, 0) is 0 Å². The van der Waals surface area contributed by atoms with Crippen LogP contribution in [0, 0.1) is 5.41 Å². The van der Waals surface area contributed by atoms with E-state index >= 15 is 0 Å². The molecule has 0 aliphatic rings. The Morgan fingerprint density at radius 2 is 1.46 bits per heavy atom. The quantitative estimate of drug-likeness (QED) is 0.661. The van der Waals surface area contributed by atoms with Crippen LogP contribution in [0.5, 0.6) is 0 Å². The fourth-order valence-corrected chi connectivity index (χ4v) is 1.21. The molecule has 0 aliphatic carbocycles. The van der Waals surface area contributed by atoms with Gasteiger partial charge in [-0.05, 0) is 32.7 Å². The maximum Gasteiger partial charge on any atom is 0.0625 e. The number of rotatable bonds is 3. The molecule has 0 aliphatic heterocycles. The molecule has 0 amide bonds. The van der Waals surface area contributed by atoms with Crippen LogP contribution in [0.1, 0.15) is 48.5 Å². The molecule has 0 aromatic carbocycles. The molecule has 0 aromatic heterocycles. The van der Waals surface area contributed by atoms with Gasteiger partial charge in [0.15, 0.2) is 0 Å². The van der Waals surface area contributed by atoms with Gasteiger partial charge < -0.3 is 5.32 Å². The van der Waals surface area contributed by atoms with Crippen molar-refractivity contribution in [2.45, 2.75) is 60.2 Å². The predicted octanol–water partition coefficient (Wildman–Crippen LogP) is 2.36. The van der Waals surface area contributed by atoms with Gasteiger partial charge in [-0.1, -0.05) is 27.7 Å². The second-order valence-corrected chi connectivity index (χ2v) is 5.75. The lowest BCUT2D eigenvalue weighted by Crippen LogP contribution is -2.57. The average molecular weight is 186 g/mol. The first-order valence-corrected chi connectivity index (χ1v) is 5.18. The Balaban J connectivity index is 4.27. The van der Waals surface area contributed by atoms with E-state index in [9.17, 15) is 0 Å². The summed E-state index contributed by atoms with van der Waals surface area (Å²) in [5, 5.41) is 7.05. The maximum absolute atomic E-state index is 3.59. The van der Waals surface area contributed by atoms with E-state index in [0.717, 1.165) is 6.54 Å². The Labute approximate surface area is 83.5 Å². The van der Waals surface area contributed by atoms with E-state index in [-0.39, 0.29) is 11.0 Å². The standard InChI is InChI=1S/C11H26N2/c1-8-12-9(10(2,3)4)13-11(5,6)7/h9,12-13H,8H2,1-7H3. The zero-order valence-electron chi connectivity index (χ0n) is 10.3. The summed E-state index contributed by atoms with van der Waals surface area (Å²) in [4.78, 5) is 0. The number of hydrogen-bond donors (Lipinski definition) is 2. The summed E-state index contributed by atoms with van der Waals surface area (Å²) < 4.78 is 0. The summed E-state index contributed by atoms with van der Waals surface area (Å²) in [6.45, 7) is 16.5. The van der Waals surface area contributed by atoms with Crippen LogP contribution in [0.15, 0.2) is 0 Å². The molecule has 1 unspecified atom stereocenters. The third-order valence-corrected chi connectivity index (χ3v) is 1.85. The molecule has 2 N–H and O–H groups in total. The second kappa shape index (κ2) is 4.43. The van der Waals surface area contributed by atoms with E-state index in [1.165, 1.54) is 0 Å². The predicted molar refractivity (Wildman–Crippen MR) is 59.8 cm³/mol. The van der Waals surface area contributed by atoms with E-state index in [0.29, 0.717) is 6.17 Å². The van der Waals surface area contributed by atoms with Crippen molar-refractivity contribution in [1.82, 2.24) is 10.6 Å². The van der Waals surface area contributed by atoms with Crippen molar-refractivity contribution in [3.8, 4) is 0 Å². The Morgan fingerprint density at radius 3 is 1.69 bits per heavy atom. The Bertz CT molecular complexity index is 139. The summed E-state index contributed by atoms with van der Waals surface area (Å²) in [6, 6.07) is 0. The van der Waals surface area contributed by atoms with E-state index in [1.54, 1.807) is 0 Å². The Hall–Kier alpha value is -0.0800. The third-order valence-electron chi connectivity index (χ3n) is 1.85. The maximum atomic E-state index is 3.59. The largest absolute Gasteiger partial charge is 0.302 e. The van der Waals surface area contributed by atoms with Gasteiger partial charge in [-0.15, -0.1) is 0 Å². The summed E-state index contributed by atoms with van der Waals surface area (Å²) in [6.07, 6.45) is 0.373. The summed E-state index contributed by atoms with van der Waals surface area (Å²) >= 11 is 0. The van der Waals surface area contributed by atoms with Gasteiger partial charge in [0.25, 0.3) is 0 Å². The van der Waals surface area contributed by atoms with Crippen LogP contribution in [0.4, 0.5) is 0 Å². The number of nitrogens with one attached hydrogen (secondary N) is 2. The Kier molecular flexibility index (Phi) is 4.40. The summed E-state index contributed by atoms with van der Waals surface area (Å²) in [7, 11) is 0. The van der Waals surface area contributed by atoms with Crippen LogP contribution in [0.2, 0.25) is 0 Å². The van der Waals surface area contributed by atoms with E-state index in [4.69, 9.17) is 0 Å². The van der Waals surface area contributed by atoms with Crippen molar-refractivity contribution in [2.75, 3.05) is 6.54 Å². The SMILES string of the molecule is CCNC(NC(C)(C)C)C(C)(C)C. The van der Waals surface area contributed by atoms with Gasteiger partial charge in [-0.3, -0.25) is 5.32 Å². The molecule has 0 aromatic rings. The average Bonchev–Trinajstić information content (AvgIpc) is 1.81. The minimum atomic E-state index is 0.167. The Morgan fingerprint density at radius 1 is 1.00 bits per heavy atom. The molecule has 2 nitrogen and oxygen atoms in total. The molecule has 2 heteroatoms. The highest BCUT2D eigenvalue weighted by molar-refractivity contribution is 4.84. The highest BCUT2D eigenvalue weighted by Crippen LogP contribution is 2.19. The zero-order chi connectivity index (χ0) is 10.7. The topological polar surface area (TPSA) is 24.1 Å². The lowest BCUT2D eigenvalue weighted by molar-refractivity contribution is 0.186. The van der Waals surface area contributed by atoms with Crippen molar-refractivity contribution < 1.29 is 0 Å².